The van der Waals surface area contributed by atoms with Crippen molar-refractivity contribution in [3.05, 3.63) is 54.0 Å². The fourth-order valence-electron chi connectivity index (χ4n) is 4.83. The highest BCUT2D eigenvalue weighted by Crippen LogP contribution is 2.31. The van der Waals surface area contributed by atoms with E-state index in [4.69, 9.17) is 0 Å². The lowest BCUT2D eigenvalue weighted by atomic mass is 9.93. The Labute approximate surface area is 208 Å². The van der Waals surface area contributed by atoms with Gasteiger partial charge in [-0.25, -0.2) is 9.97 Å². The second-order valence-corrected chi connectivity index (χ2v) is 9.87. The number of nitrogens with zero attached hydrogens (tertiary/aromatic N) is 5. The number of rotatable bonds is 8. The number of aliphatic hydroxyl groups is 1. The number of aromatic nitrogens is 3. The molecular formula is C26H32F3N5O2. The minimum absolute atomic E-state index is 0.0376. The van der Waals surface area contributed by atoms with Crippen LogP contribution in [0.4, 0.5) is 19.0 Å². The maximum atomic E-state index is 13.0. The summed E-state index contributed by atoms with van der Waals surface area (Å²) in [5, 5.41) is 11.5. The molecule has 0 amide bonds. The Balaban J connectivity index is 1.54. The third-order valence-electron chi connectivity index (χ3n) is 6.75. The Bertz CT molecular complexity index is 1190. The summed E-state index contributed by atoms with van der Waals surface area (Å²) in [6.45, 7) is 8.17. The molecule has 194 valence electrons. The van der Waals surface area contributed by atoms with E-state index in [-0.39, 0.29) is 17.7 Å². The smallest absolute Gasteiger partial charge is 0.391 e. The van der Waals surface area contributed by atoms with Crippen LogP contribution in [0.3, 0.4) is 0 Å². The summed E-state index contributed by atoms with van der Waals surface area (Å²) in [5.74, 6) is 0.841. The first-order valence-corrected chi connectivity index (χ1v) is 12.2. The second kappa shape index (κ2) is 10.6. The number of benzene rings is 1. The second-order valence-electron chi connectivity index (χ2n) is 9.87. The van der Waals surface area contributed by atoms with Gasteiger partial charge in [-0.15, -0.1) is 0 Å². The van der Waals surface area contributed by atoms with Crippen LogP contribution in [0.5, 0.6) is 0 Å². The molecule has 36 heavy (non-hydrogen) atoms. The van der Waals surface area contributed by atoms with Gasteiger partial charge in [0.2, 0.25) is 0 Å². The van der Waals surface area contributed by atoms with Crippen molar-refractivity contribution >= 4 is 22.6 Å². The number of hydrogen-bond donors (Lipinski definition) is 1. The predicted octanol–water partition coefficient (Wildman–Crippen LogP) is 4.14. The highest BCUT2D eigenvalue weighted by atomic mass is 19.4. The van der Waals surface area contributed by atoms with Crippen molar-refractivity contribution in [1.29, 1.82) is 0 Å². The largest absolute Gasteiger partial charge is 0.416 e. The van der Waals surface area contributed by atoms with Gasteiger partial charge in [0.1, 0.15) is 23.6 Å². The van der Waals surface area contributed by atoms with Gasteiger partial charge in [0.15, 0.2) is 0 Å². The maximum Gasteiger partial charge on any atom is 0.416 e. The zero-order chi connectivity index (χ0) is 26.0. The van der Waals surface area contributed by atoms with E-state index >= 15 is 0 Å². The van der Waals surface area contributed by atoms with Gasteiger partial charge in [-0.05, 0) is 57.5 Å². The molecule has 2 atom stereocenters. The van der Waals surface area contributed by atoms with E-state index < -0.39 is 17.8 Å². The molecular weight excluding hydrogens is 471 g/mol. The number of alkyl halides is 3. The van der Waals surface area contributed by atoms with Crippen molar-refractivity contribution in [1.82, 2.24) is 19.4 Å². The van der Waals surface area contributed by atoms with E-state index in [2.05, 4.69) is 9.97 Å². The molecule has 3 aromatic rings. The molecule has 0 aliphatic carbocycles. The Kier molecular flexibility index (Phi) is 7.65. The zero-order valence-corrected chi connectivity index (χ0v) is 20.7. The summed E-state index contributed by atoms with van der Waals surface area (Å²) >= 11 is 0. The van der Waals surface area contributed by atoms with E-state index in [1.807, 2.05) is 40.5 Å². The van der Waals surface area contributed by atoms with Crippen molar-refractivity contribution in [3.63, 3.8) is 0 Å². The monoisotopic (exact) mass is 503 g/mol. The van der Waals surface area contributed by atoms with Crippen molar-refractivity contribution < 1.29 is 23.1 Å². The lowest BCUT2D eigenvalue weighted by Crippen LogP contribution is -2.46. The zero-order valence-electron chi connectivity index (χ0n) is 20.7. The van der Waals surface area contributed by atoms with Crippen molar-refractivity contribution in [2.45, 2.75) is 58.6 Å². The van der Waals surface area contributed by atoms with Crippen LogP contribution in [0.2, 0.25) is 0 Å². The SMILES string of the molecule is CC(=O)CN1CCC(Cn2ccc3c(N(Cc4ccc(C(F)(F)F)cc4)C(C)C)ncnc32)C(O)C1. The average molecular weight is 504 g/mol. The van der Waals surface area contributed by atoms with Crippen LogP contribution < -0.4 is 4.90 Å². The predicted molar refractivity (Wildman–Crippen MR) is 132 cm³/mol. The molecule has 1 N–H and O–H groups in total. The summed E-state index contributed by atoms with van der Waals surface area (Å²) in [5.41, 5.74) is 0.831. The summed E-state index contributed by atoms with van der Waals surface area (Å²) in [6, 6.07) is 7.20. The summed E-state index contributed by atoms with van der Waals surface area (Å²) in [6.07, 6.45) is -0.687. The number of aliphatic hydroxyl groups excluding tert-OH is 1. The highest BCUT2D eigenvalue weighted by Gasteiger charge is 2.31. The van der Waals surface area contributed by atoms with E-state index in [9.17, 15) is 23.1 Å². The van der Waals surface area contributed by atoms with E-state index in [1.54, 1.807) is 6.92 Å². The van der Waals surface area contributed by atoms with Gasteiger partial charge >= 0.3 is 6.18 Å². The fraction of sp³-hybridized carbons (Fsp3) is 0.500. The molecule has 1 saturated heterocycles. The quantitative estimate of drug-likeness (QED) is 0.498. The molecule has 1 aliphatic heterocycles. The number of fused-ring (bicyclic) bond motifs is 1. The number of hydrogen-bond acceptors (Lipinski definition) is 6. The Morgan fingerprint density at radius 1 is 1.19 bits per heavy atom. The molecule has 0 bridgehead atoms. The first-order chi connectivity index (χ1) is 17.0. The fourth-order valence-corrected chi connectivity index (χ4v) is 4.83. The molecule has 1 aliphatic rings. The topological polar surface area (TPSA) is 74.5 Å². The van der Waals surface area contributed by atoms with Crippen LogP contribution in [0, 0.1) is 5.92 Å². The third-order valence-corrected chi connectivity index (χ3v) is 6.75. The van der Waals surface area contributed by atoms with Gasteiger partial charge in [0.25, 0.3) is 0 Å². The van der Waals surface area contributed by atoms with Crippen LogP contribution in [0.15, 0.2) is 42.9 Å². The molecule has 1 fully saturated rings. The molecule has 2 unspecified atom stereocenters. The standard InChI is InChI=1S/C26H32F3N5O2/c1-17(2)34(13-19-4-6-21(7-5-19)26(27,28)29)25-22-9-11-33(24(22)30-16-31-25)14-20-8-10-32(12-18(3)35)15-23(20)36/h4-7,9,11,16-17,20,23,36H,8,10,12-15H2,1-3H3. The van der Waals surface area contributed by atoms with E-state index in [0.717, 1.165) is 41.7 Å². The molecule has 7 nitrogen and oxygen atoms in total. The van der Waals surface area contributed by atoms with Crippen molar-refractivity contribution in [2.75, 3.05) is 24.5 Å². The van der Waals surface area contributed by atoms with Crippen LogP contribution >= 0.6 is 0 Å². The molecule has 2 aromatic heterocycles. The Morgan fingerprint density at radius 3 is 2.53 bits per heavy atom. The Morgan fingerprint density at radius 2 is 1.92 bits per heavy atom. The molecule has 0 radical (unpaired) electrons. The normalized spacial score (nSPS) is 19.2. The number of piperidine rings is 1. The molecule has 0 saturated carbocycles. The minimum atomic E-state index is -4.37. The average Bonchev–Trinajstić information content (AvgIpc) is 3.21. The molecule has 10 heteroatoms. The number of Topliss-reactive ketones (excluding diaryl/α,β-unsaturated/α-hetero) is 1. The number of β-amino-alcohol motifs (C(OH)–C–C–N with tert-alkyl or cyclic N) is 1. The lowest BCUT2D eigenvalue weighted by Gasteiger charge is -2.35. The van der Waals surface area contributed by atoms with Crippen LogP contribution in [-0.2, 0) is 24.1 Å². The molecule has 3 heterocycles. The summed E-state index contributed by atoms with van der Waals surface area (Å²) in [4.78, 5) is 24.5. The van der Waals surface area contributed by atoms with E-state index in [0.29, 0.717) is 32.0 Å². The molecule has 0 spiro atoms. The summed E-state index contributed by atoms with van der Waals surface area (Å²) < 4.78 is 40.9. The van der Waals surface area contributed by atoms with Crippen LogP contribution in [0.25, 0.3) is 11.0 Å². The van der Waals surface area contributed by atoms with Gasteiger partial charge in [-0.3, -0.25) is 9.69 Å². The Hall–Kier alpha value is -2.98. The van der Waals surface area contributed by atoms with Crippen LogP contribution in [0.1, 0.15) is 38.3 Å². The minimum Gasteiger partial charge on any atom is -0.391 e. The number of anilines is 1. The number of ketones is 1. The number of likely N-dealkylation sites (tertiary alicyclic amines) is 1. The van der Waals surface area contributed by atoms with Gasteiger partial charge in [-0.2, -0.15) is 13.2 Å². The highest BCUT2D eigenvalue weighted by molar-refractivity contribution is 5.88. The summed E-state index contributed by atoms with van der Waals surface area (Å²) in [7, 11) is 0. The lowest BCUT2D eigenvalue weighted by molar-refractivity contribution is -0.137. The van der Waals surface area contributed by atoms with Gasteiger partial charge in [0, 0.05) is 37.8 Å². The number of carbonyl (C=O) groups is 1. The van der Waals surface area contributed by atoms with Gasteiger partial charge in [0.05, 0.1) is 23.6 Å². The van der Waals surface area contributed by atoms with Gasteiger partial charge in [-0.1, -0.05) is 12.1 Å². The van der Waals surface area contributed by atoms with E-state index in [1.165, 1.54) is 18.5 Å². The maximum absolute atomic E-state index is 13.0. The van der Waals surface area contributed by atoms with Crippen molar-refractivity contribution in [2.24, 2.45) is 5.92 Å². The van der Waals surface area contributed by atoms with Crippen LogP contribution in [-0.4, -0.2) is 62.1 Å². The molecule has 1 aromatic carbocycles. The van der Waals surface area contributed by atoms with Crippen molar-refractivity contribution in [3.8, 4) is 0 Å². The number of halogens is 3. The number of carbonyl (C=O) groups excluding carboxylic acids is 1. The molecule has 4 rings (SSSR count). The first-order valence-electron chi connectivity index (χ1n) is 12.2. The third kappa shape index (κ3) is 5.87. The van der Waals surface area contributed by atoms with Gasteiger partial charge < -0.3 is 14.6 Å². The first kappa shape index (κ1) is 26.1.